The van der Waals surface area contributed by atoms with Gasteiger partial charge < -0.3 is 15.1 Å². The zero-order valence-corrected chi connectivity index (χ0v) is 12.1. The molecule has 108 valence electrons. The predicted octanol–water partition coefficient (Wildman–Crippen LogP) is 0.710. The molecule has 5 heteroatoms. The maximum absolute atomic E-state index is 12.4. The first-order valence-corrected chi connectivity index (χ1v) is 6.86. The average molecular weight is 275 g/mol. The zero-order chi connectivity index (χ0) is 14.5. The van der Waals surface area contributed by atoms with Gasteiger partial charge in [0.05, 0.1) is 6.54 Å². The molecule has 20 heavy (non-hydrogen) atoms. The molecule has 0 bridgehead atoms. The molecule has 1 N–H and O–H groups in total. The fourth-order valence-electron chi connectivity index (χ4n) is 2.28. The molecule has 1 aromatic rings. The van der Waals surface area contributed by atoms with Crippen molar-refractivity contribution in [3.63, 3.8) is 0 Å². The molecule has 2 rings (SSSR count). The first-order valence-electron chi connectivity index (χ1n) is 6.86. The lowest BCUT2D eigenvalue weighted by Gasteiger charge is -2.19. The summed E-state index contributed by atoms with van der Waals surface area (Å²) in [5.74, 6) is -0.154. The minimum atomic E-state index is -0.0833. The number of amides is 2. The van der Waals surface area contributed by atoms with Crippen molar-refractivity contribution >= 4 is 11.8 Å². The molecule has 1 heterocycles. The summed E-state index contributed by atoms with van der Waals surface area (Å²) < 4.78 is 0. The summed E-state index contributed by atoms with van der Waals surface area (Å²) in [5.41, 5.74) is 1.81. The second kappa shape index (κ2) is 6.52. The summed E-state index contributed by atoms with van der Waals surface area (Å²) in [5, 5.41) is 2.77. The van der Waals surface area contributed by atoms with Gasteiger partial charge in [0.2, 0.25) is 5.91 Å². The maximum atomic E-state index is 12.4. The Kier molecular flexibility index (Phi) is 4.74. The lowest BCUT2D eigenvalue weighted by molar-refractivity contribution is -0.121. The molecule has 1 fully saturated rings. The Balaban J connectivity index is 2.06. The standard InChI is InChI=1S/C15H21N3O2/c1-17(2)10-12-4-6-13(7-5-12)15(20)18-9-3-8-16-14(19)11-18/h4-7H,3,8-11H2,1-2H3,(H,16,19). The van der Waals surface area contributed by atoms with E-state index in [2.05, 4.69) is 10.2 Å². The van der Waals surface area contributed by atoms with Gasteiger partial charge in [0.15, 0.2) is 0 Å². The van der Waals surface area contributed by atoms with Crippen LogP contribution >= 0.6 is 0 Å². The van der Waals surface area contributed by atoms with E-state index in [1.165, 1.54) is 5.56 Å². The molecule has 1 saturated heterocycles. The van der Waals surface area contributed by atoms with Gasteiger partial charge in [-0.1, -0.05) is 12.1 Å². The van der Waals surface area contributed by atoms with Crippen LogP contribution in [0, 0.1) is 0 Å². The molecule has 2 amide bonds. The highest BCUT2D eigenvalue weighted by Crippen LogP contribution is 2.10. The molecular formula is C15H21N3O2. The summed E-state index contributed by atoms with van der Waals surface area (Å²) in [6, 6.07) is 7.60. The van der Waals surface area contributed by atoms with Crippen LogP contribution in [0.1, 0.15) is 22.3 Å². The monoisotopic (exact) mass is 275 g/mol. The van der Waals surface area contributed by atoms with Gasteiger partial charge in [-0.25, -0.2) is 0 Å². The second-order valence-corrected chi connectivity index (χ2v) is 5.36. The van der Waals surface area contributed by atoms with Gasteiger partial charge in [0.25, 0.3) is 5.91 Å². The first-order chi connectivity index (χ1) is 9.56. The molecule has 0 radical (unpaired) electrons. The molecule has 0 spiro atoms. The number of nitrogens with one attached hydrogen (secondary N) is 1. The second-order valence-electron chi connectivity index (χ2n) is 5.36. The van der Waals surface area contributed by atoms with Crippen LogP contribution < -0.4 is 5.32 Å². The van der Waals surface area contributed by atoms with E-state index in [4.69, 9.17) is 0 Å². The fraction of sp³-hybridized carbons (Fsp3) is 0.467. The number of carbonyl (C=O) groups excluding carboxylic acids is 2. The van der Waals surface area contributed by atoms with E-state index in [-0.39, 0.29) is 18.4 Å². The van der Waals surface area contributed by atoms with Gasteiger partial charge in [0, 0.05) is 25.2 Å². The van der Waals surface area contributed by atoms with E-state index in [1.807, 2.05) is 38.4 Å². The van der Waals surface area contributed by atoms with E-state index in [0.29, 0.717) is 18.7 Å². The van der Waals surface area contributed by atoms with E-state index in [0.717, 1.165) is 13.0 Å². The van der Waals surface area contributed by atoms with Crippen molar-refractivity contribution in [1.29, 1.82) is 0 Å². The Labute approximate surface area is 119 Å². The molecule has 0 aromatic heterocycles. The summed E-state index contributed by atoms with van der Waals surface area (Å²) >= 11 is 0. The van der Waals surface area contributed by atoms with Crippen molar-refractivity contribution in [2.45, 2.75) is 13.0 Å². The molecule has 0 atom stereocenters. The van der Waals surface area contributed by atoms with Crippen molar-refractivity contribution in [2.75, 3.05) is 33.7 Å². The zero-order valence-electron chi connectivity index (χ0n) is 12.1. The quantitative estimate of drug-likeness (QED) is 0.884. The highest BCUT2D eigenvalue weighted by molar-refractivity contribution is 5.96. The number of rotatable bonds is 3. The van der Waals surface area contributed by atoms with E-state index in [9.17, 15) is 9.59 Å². The minimum Gasteiger partial charge on any atom is -0.354 e. The number of carbonyl (C=O) groups is 2. The van der Waals surface area contributed by atoms with Crippen molar-refractivity contribution < 1.29 is 9.59 Å². The average Bonchev–Trinajstić information content (AvgIpc) is 2.63. The predicted molar refractivity (Wildman–Crippen MR) is 77.4 cm³/mol. The Morgan fingerprint density at radius 3 is 2.65 bits per heavy atom. The van der Waals surface area contributed by atoms with Gasteiger partial charge in [-0.15, -0.1) is 0 Å². The topological polar surface area (TPSA) is 52.7 Å². The van der Waals surface area contributed by atoms with Gasteiger partial charge in [-0.2, -0.15) is 0 Å². The van der Waals surface area contributed by atoms with Crippen molar-refractivity contribution in [1.82, 2.24) is 15.1 Å². The molecule has 1 aromatic carbocycles. The summed E-state index contributed by atoms with van der Waals surface area (Å²) in [7, 11) is 4.02. The lowest BCUT2D eigenvalue weighted by Crippen LogP contribution is -2.37. The van der Waals surface area contributed by atoms with Gasteiger partial charge in [0.1, 0.15) is 0 Å². The normalized spacial score (nSPS) is 15.9. The van der Waals surface area contributed by atoms with Crippen LogP contribution in [-0.4, -0.2) is 55.3 Å². The molecule has 1 aliphatic rings. The Hall–Kier alpha value is -1.88. The van der Waals surface area contributed by atoms with Crippen LogP contribution in [0.25, 0.3) is 0 Å². The molecule has 0 saturated carbocycles. The summed E-state index contributed by atoms with van der Waals surface area (Å²) in [4.78, 5) is 27.6. The van der Waals surface area contributed by atoms with E-state index in [1.54, 1.807) is 4.90 Å². The highest BCUT2D eigenvalue weighted by Gasteiger charge is 2.20. The Morgan fingerprint density at radius 1 is 1.30 bits per heavy atom. The van der Waals surface area contributed by atoms with E-state index >= 15 is 0 Å². The van der Waals surface area contributed by atoms with Gasteiger partial charge in [-0.05, 0) is 38.2 Å². The van der Waals surface area contributed by atoms with Gasteiger partial charge in [-0.3, -0.25) is 9.59 Å². The number of nitrogens with zero attached hydrogens (tertiary/aromatic N) is 2. The van der Waals surface area contributed by atoms with Crippen molar-refractivity contribution in [3.8, 4) is 0 Å². The van der Waals surface area contributed by atoms with Crippen molar-refractivity contribution in [3.05, 3.63) is 35.4 Å². The molecule has 1 aliphatic heterocycles. The first kappa shape index (κ1) is 14.5. The SMILES string of the molecule is CN(C)Cc1ccc(C(=O)N2CCCNC(=O)C2)cc1. The van der Waals surface area contributed by atoms with Crippen LogP contribution in [0.3, 0.4) is 0 Å². The largest absolute Gasteiger partial charge is 0.354 e. The number of hydrogen-bond acceptors (Lipinski definition) is 3. The van der Waals surface area contributed by atoms with Crippen molar-refractivity contribution in [2.24, 2.45) is 0 Å². The third-order valence-electron chi connectivity index (χ3n) is 3.25. The van der Waals surface area contributed by atoms with Crippen LogP contribution in [0.2, 0.25) is 0 Å². The third kappa shape index (κ3) is 3.81. The van der Waals surface area contributed by atoms with Crippen LogP contribution in [-0.2, 0) is 11.3 Å². The summed E-state index contributed by atoms with van der Waals surface area (Å²) in [6.07, 6.45) is 0.802. The van der Waals surface area contributed by atoms with Crippen LogP contribution in [0.15, 0.2) is 24.3 Å². The maximum Gasteiger partial charge on any atom is 0.254 e. The Morgan fingerprint density at radius 2 is 2.00 bits per heavy atom. The van der Waals surface area contributed by atoms with Crippen LogP contribution in [0.5, 0.6) is 0 Å². The fourth-order valence-corrected chi connectivity index (χ4v) is 2.28. The van der Waals surface area contributed by atoms with Gasteiger partial charge >= 0.3 is 0 Å². The number of hydrogen-bond donors (Lipinski definition) is 1. The third-order valence-corrected chi connectivity index (χ3v) is 3.25. The smallest absolute Gasteiger partial charge is 0.254 e. The Bertz CT molecular complexity index is 482. The van der Waals surface area contributed by atoms with E-state index < -0.39 is 0 Å². The molecular weight excluding hydrogens is 254 g/mol. The molecule has 0 unspecified atom stereocenters. The summed E-state index contributed by atoms with van der Waals surface area (Å²) in [6.45, 7) is 2.26. The molecule has 5 nitrogen and oxygen atoms in total. The minimum absolute atomic E-state index is 0.0709. The lowest BCUT2D eigenvalue weighted by atomic mass is 10.1. The van der Waals surface area contributed by atoms with Crippen LogP contribution in [0.4, 0.5) is 0 Å². The number of benzene rings is 1. The highest BCUT2D eigenvalue weighted by atomic mass is 16.2. The molecule has 0 aliphatic carbocycles.